The largest absolute Gasteiger partial charge is 0.357 e. The molecule has 0 bridgehead atoms. The second-order valence-electron chi connectivity index (χ2n) is 7.06. The van der Waals surface area contributed by atoms with Crippen LogP contribution >= 0.6 is 0 Å². The molecule has 2 atom stereocenters. The quantitative estimate of drug-likeness (QED) is 0.771. The smallest absolute Gasteiger partial charge is 0.268 e. The van der Waals surface area contributed by atoms with Gasteiger partial charge in [0.2, 0.25) is 5.91 Å². The summed E-state index contributed by atoms with van der Waals surface area (Å²) in [5, 5.41) is 10.2. The van der Waals surface area contributed by atoms with Crippen molar-refractivity contribution in [3.8, 4) is 0 Å². The van der Waals surface area contributed by atoms with E-state index in [4.69, 9.17) is 0 Å². The molecule has 134 valence electrons. The normalized spacial score (nSPS) is 20.6. The molecule has 1 saturated heterocycles. The molecule has 1 aliphatic rings. The molecule has 25 heavy (non-hydrogen) atoms. The molecule has 1 fully saturated rings. The first-order chi connectivity index (χ1) is 11.9. The van der Waals surface area contributed by atoms with Gasteiger partial charge in [0.05, 0.1) is 17.8 Å². The lowest BCUT2D eigenvalue weighted by Gasteiger charge is -2.32. The number of carbonyl (C=O) groups is 2. The van der Waals surface area contributed by atoms with Gasteiger partial charge in [-0.3, -0.25) is 14.3 Å². The minimum atomic E-state index is -0.275. The van der Waals surface area contributed by atoms with Crippen LogP contribution in [-0.4, -0.2) is 32.6 Å². The van der Waals surface area contributed by atoms with Gasteiger partial charge in [-0.2, -0.15) is 5.10 Å². The highest BCUT2D eigenvalue weighted by Crippen LogP contribution is 2.24. The van der Waals surface area contributed by atoms with Gasteiger partial charge < -0.3 is 15.6 Å². The third kappa shape index (κ3) is 3.92. The highest BCUT2D eigenvalue weighted by molar-refractivity contribution is 5.93. The zero-order valence-electron chi connectivity index (χ0n) is 14.9. The van der Waals surface area contributed by atoms with Crippen molar-refractivity contribution >= 4 is 11.8 Å². The van der Waals surface area contributed by atoms with Crippen LogP contribution in [-0.2, 0) is 18.3 Å². The highest BCUT2D eigenvalue weighted by atomic mass is 16.2. The van der Waals surface area contributed by atoms with Crippen molar-refractivity contribution in [1.82, 2.24) is 25.4 Å². The molecule has 0 radical (unpaired) electrons. The van der Waals surface area contributed by atoms with Gasteiger partial charge in [-0.1, -0.05) is 13.8 Å². The van der Waals surface area contributed by atoms with Crippen LogP contribution in [0, 0.1) is 5.92 Å². The zero-order chi connectivity index (χ0) is 18.0. The van der Waals surface area contributed by atoms with E-state index in [-0.39, 0.29) is 23.9 Å². The monoisotopic (exact) mass is 343 g/mol. The Labute approximate surface area is 147 Å². The van der Waals surface area contributed by atoms with Gasteiger partial charge in [0, 0.05) is 25.9 Å². The molecule has 3 heterocycles. The molecule has 2 aromatic heterocycles. The summed E-state index contributed by atoms with van der Waals surface area (Å²) in [5.41, 5.74) is 2.56. The summed E-state index contributed by atoms with van der Waals surface area (Å²) in [4.78, 5) is 27.5. The average molecular weight is 343 g/mol. The fraction of sp³-hybridized carbons (Fsp3) is 0.500. The number of aromatic nitrogens is 3. The molecule has 0 aromatic carbocycles. The van der Waals surface area contributed by atoms with E-state index in [9.17, 15) is 9.59 Å². The minimum absolute atomic E-state index is 0.00390. The molecule has 3 rings (SSSR count). The minimum Gasteiger partial charge on any atom is -0.357 e. The van der Waals surface area contributed by atoms with Gasteiger partial charge in [0.15, 0.2) is 0 Å². The molecular formula is C18H25N5O2. The Morgan fingerprint density at radius 2 is 2.28 bits per heavy atom. The molecule has 1 aliphatic heterocycles. The Morgan fingerprint density at radius 3 is 2.96 bits per heavy atom. The van der Waals surface area contributed by atoms with Crippen molar-refractivity contribution in [1.29, 1.82) is 0 Å². The zero-order valence-corrected chi connectivity index (χ0v) is 14.9. The Balaban J connectivity index is 1.73. The predicted molar refractivity (Wildman–Crippen MR) is 93.9 cm³/mol. The summed E-state index contributed by atoms with van der Waals surface area (Å²) < 4.78 is 1.73. The Kier molecular flexibility index (Phi) is 4.92. The number of H-pyrrole nitrogens is 1. The molecule has 2 amide bonds. The summed E-state index contributed by atoms with van der Waals surface area (Å²) in [6.45, 7) is 4.30. The van der Waals surface area contributed by atoms with Gasteiger partial charge in [-0.15, -0.1) is 0 Å². The third-order valence-corrected chi connectivity index (χ3v) is 4.53. The number of nitrogens with one attached hydrogen (secondary N) is 3. The summed E-state index contributed by atoms with van der Waals surface area (Å²) in [7, 11) is 1.83. The number of hydrogen-bond donors (Lipinski definition) is 3. The first kappa shape index (κ1) is 17.3. The first-order valence-electron chi connectivity index (χ1n) is 8.69. The van der Waals surface area contributed by atoms with Gasteiger partial charge >= 0.3 is 0 Å². The molecule has 0 aliphatic carbocycles. The number of hydrogen-bond acceptors (Lipinski definition) is 3. The van der Waals surface area contributed by atoms with Crippen molar-refractivity contribution in [3.63, 3.8) is 0 Å². The Bertz CT molecular complexity index is 761. The van der Waals surface area contributed by atoms with Crippen LogP contribution in [0.3, 0.4) is 0 Å². The molecule has 7 nitrogen and oxygen atoms in total. The second-order valence-corrected chi connectivity index (χ2v) is 7.06. The average Bonchev–Trinajstić information content (AvgIpc) is 3.17. The fourth-order valence-electron chi connectivity index (χ4n) is 3.33. The molecule has 3 N–H and O–H groups in total. The lowest BCUT2D eigenvalue weighted by atomic mass is 9.95. The van der Waals surface area contributed by atoms with Crippen LogP contribution < -0.4 is 10.6 Å². The van der Waals surface area contributed by atoms with E-state index in [1.54, 1.807) is 10.9 Å². The number of nitrogens with zero attached hydrogens (tertiary/aromatic N) is 2. The summed E-state index contributed by atoms with van der Waals surface area (Å²) in [6, 6.07) is 3.32. The van der Waals surface area contributed by atoms with Crippen molar-refractivity contribution in [2.24, 2.45) is 13.0 Å². The number of carbonyl (C=O) groups excluding carboxylic acids is 2. The van der Waals surface area contributed by atoms with Crippen LogP contribution in [0.25, 0.3) is 0 Å². The van der Waals surface area contributed by atoms with Crippen molar-refractivity contribution in [2.45, 2.75) is 45.2 Å². The standard InChI is InChI=1S/C18H25N5O2/c1-11(2)8-12-9-14(19-10-12)18(25)21-13-4-5-16(24)22-17(13)15-6-7-20-23(15)3/h6-7,9-11,13,17,19H,4-5,8H2,1-3H3,(H,21,25)(H,22,24)/t13-,17-/m1/s1. The summed E-state index contributed by atoms with van der Waals surface area (Å²) in [6.07, 6.45) is 5.52. The lowest BCUT2D eigenvalue weighted by Crippen LogP contribution is -2.50. The number of aryl methyl sites for hydroxylation is 1. The van der Waals surface area contributed by atoms with Gasteiger partial charge in [0.1, 0.15) is 5.69 Å². The van der Waals surface area contributed by atoms with Crippen LogP contribution in [0.5, 0.6) is 0 Å². The molecule has 0 spiro atoms. The van der Waals surface area contributed by atoms with E-state index in [2.05, 4.69) is 34.6 Å². The highest BCUT2D eigenvalue weighted by Gasteiger charge is 2.33. The summed E-state index contributed by atoms with van der Waals surface area (Å²) in [5.74, 6) is 0.383. The number of amides is 2. The van der Waals surface area contributed by atoms with E-state index >= 15 is 0 Å². The topological polar surface area (TPSA) is 91.8 Å². The van der Waals surface area contributed by atoms with Crippen LogP contribution in [0.4, 0.5) is 0 Å². The molecular weight excluding hydrogens is 318 g/mol. The summed E-state index contributed by atoms with van der Waals surface area (Å²) >= 11 is 0. The number of aromatic amines is 1. The second kappa shape index (κ2) is 7.13. The van der Waals surface area contributed by atoms with E-state index in [0.717, 1.165) is 17.7 Å². The van der Waals surface area contributed by atoms with Crippen LogP contribution in [0.1, 0.15) is 54.5 Å². The molecule has 0 saturated carbocycles. The van der Waals surface area contributed by atoms with Gasteiger partial charge in [-0.05, 0) is 36.5 Å². The van der Waals surface area contributed by atoms with Crippen molar-refractivity contribution < 1.29 is 9.59 Å². The third-order valence-electron chi connectivity index (χ3n) is 4.53. The lowest BCUT2D eigenvalue weighted by molar-refractivity contribution is -0.123. The maximum absolute atomic E-state index is 12.6. The Hall–Kier alpha value is -2.57. The van der Waals surface area contributed by atoms with Crippen LogP contribution in [0.15, 0.2) is 24.5 Å². The maximum atomic E-state index is 12.6. The maximum Gasteiger partial charge on any atom is 0.268 e. The van der Waals surface area contributed by atoms with E-state index in [1.807, 2.05) is 25.4 Å². The van der Waals surface area contributed by atoms with Crippen molar-refractivity contribution in [2.75, 3.05) is 0 Å². The fourth-order valence-corrected chi connectivity index (χ4v) is 3.33. The molecule has 7 heteroatoms. The molecule has 0 unspecified atom stereocenters. The van der Waals surface area contributed by atoms with Crippen molar-refractivity contribution in [3.05, 3.63) is 41.5 Å². The van der Waals surface area contributed by atoms with Gasteiger partial charge in [-0.25, -0.2) is 0 Å². The predicted octanol–water partition coefficient (Wildman–Crippen LogP) is 1.70. The van der Waals surface area contributed by atoms with E-state index in [0.29, 0.717) is 24.5 Å². The number of rotatable bonds is 5. The first-order valence-corrected chi connectivity index (χ1v) is 8.69. The Morgan fingerprint density at radius 1 is 1.48 bits per heavy atom. The van der Waals surface area contributed by atoms with Gasteiger partial charge in [0.25, 0.3) is 5.91 Å². The SMILES string of the molecule is CC(C)Cc1c[nH]c(C(=O)N[C@@H]2CCC(=O)N[C@H]2c2ccnn2C)c1. The van der Waals surface area contributed by atoms with Crippen LogP contribution in [0.2, 0.25) is 0 Å². The van der Waals surface area contributed by atoms with E-state index in [1.165, 1.54) is 0 Å². The number of piperidine rings is 1. The van der Waals surface area contributed by atoms with E-state index < -0.39 is 0 Å². The molecule has 2 aromatic rings.